The van der Waals surface area contributed by atoms with Crippen molar-refractivity contribution in [2.45, 2.75) is 44.6 Å². The molecule has 3 saturated heterocycles. The van der Waals surface area contributed by atoms with Crippen LogP contribution in [0, 0.1) is 5.92 Å². The van der Waals surface area contributed by atoms with E-state index in [4.69, 9.17) is 0 Å². The largest absolute Gasteiger partial charge is 0.341 e. The number of amides is 1. The summed E-state index contributed by atoms with van der Waals surface area (Å²) in [5.41, 5.74) is 0. The third-order valence-electron chi connectivity index (χ3n) is 4.92. The zero-order valence-corrected chi connectivity index (χ0v) is 11.9. The standard InChI is InChI=1S/C15H27N3O/c19-15(14-5-1-2-7-16-14)18-10-6-13(12-18)11-17-8-3-4-9-17/h13-14,16H,1-12H2/t13?,14-/m1/s1. The van der Waals surface area contributed by atoms with Gasteiger partial charge in [0.25, 0.3) is 0 Å². The quantitative estimate of drug-likeness (QED) is 0.829. The molecule has 0 aliphatic carbocycles. The summed E-state index contributed by atoms with van der Waals surface area (Å²) >= 11 is 0. The molecule has 4 nitrogen and oxygen atoms in total. The number of hydrogen-bond donors (Lipinski definition) is 1. The fraction of sp³-hybridized carbons (Fsp3) is 0.933. The van der Waals surface area contributed by atoms with Crippen molar-refractivity contribution in [2.75, 3.05) is 39.3 Å². The summed E-state index contributed by atoms with van der Waals surface area (Å²) in [4.78, 5) is 17.1. The van der Waals surface area contributed by atoms with Gasteiger partial charge in [-0.05, 0) is 57.7 Å². The average Bonchev–Trinajstić information content (AvgIpc) is 3.11. The minimum Gasteiger partial charge on any atom is -0.341 e. The van der Waals surface area contributed by atoms with E-state index in [1.807, 2.05) is 0 Å². The van der Waals surface area contributed by atoms with E-state index >= 15 is 0 Å². The first-order valence-electron chi connectivity index (χ1n) is 8.07. The summed E-state index contributed by atoms with van der Waals surface area (Å²) in [6.45, 7) is 6.75. The van der Waals surface area contributed by atoms with Crippen LogP contribution < -0.4 is 5.32 Å². The number of carbonyl (C=O) groups excluding carboxylic acids is 1. The summed E-state index contributed by atoms with van der Waals surface area (Å²) in [6.07, 6.45) is 7.39. The minimum absolute atomic E-state index is 0.110. The Kier molecular flexibility index (Phi) is 4.38. The molecular formula is C15H27N3O. The van der Waals surface area contributed by atoms with Crippen LogP contribution in [0.2, 0.25) is 0 Å². The SMILES string of the molecule is O=C([C@H]1CCCCN1)N1CCC(CN2CCCC2)C1. The summed E-state index contributed by atoms with van der Waals surface area (Å²) in [5, 5.41) is 3.38. The number of rotatable bonds is 3. The van der Waals surface area contributed by atoms with Crippen molar-refractivity contribution < 1.29 is 4.79 Å². The number of likely N-dealkylation sites (tertiary alicyclic amines) is 2. The Morgan fingerprint density at radius 1 is 1.05 bits per heavy atom. The van der Waals surface area contributed by atoms with E-state index in [-0.39, 0.29) is 6.04 Å². The van der Waals surface area contributed by atoms with Crippen molar-refractivity contribution in [2.24, 2.45) is 5.92 Å². The Bertz CT molecular complexity index is 309. The lowest BCUT2D eigenvalue weighted by Crippen LogP contribution is -2.48. The summed E-state index contributed by atoms with van der Waals surface area (Å²) in [6, 6.07) is 0.110. The monoisotopic (exact) mass is 265 g/mol. The maximum Gasteiger partial charge on any atom is 0.239 e. The van der Waals surface area contributed by atoms with Gasteiger partial charge in [0, 0.05) is 19.6 Å². The van der Waals surface area contributed by atoms with Gasteiger partial charge in [-0.25, -0.2) is 0 Å². The van der Waals surface area contributed by atoms with E-state index in [1.165, 1.54) is 51.7 Å². The second-order valence-corrected chi connectivity index (χ2v) is 6.45. The summed E-state index contributed by atoms with van der Waals surface area (Å²) in [7, 11) is 0. The predicted molar refractivity (Wildman–Crippen MR) is 76.0 cm³/mol. The van der Waals surface area contributed by atoms with Gasteiger partial charge >= 0.3 is 0 Å². The first kappa shape index (κ1) is 13.4. The van der Waals surface area contributed by atoms with Gasteiger partial charge in [0.15, 0.2) is 0 Å². The Labute approximate surface area is 116 Å². The van der Waals surface area contributed by atoms with Crippen molar-refractivity contribution in [3.8, 4) is 0 Å². The maximum atomic E-state index is 12.4. The Hall–Kier alpha value is -0.610. The van der Waals surface area contributed by atoms with Gasteiger partial charge in [0.05, 0.1) is 6.04 Å². The highest BCUT2D eigenvalue weighted by molar-refractivity contribution is 5.82. The molecule has 1 amide bonds. The lowest BCUT2D eigenvalue weighted by atomic mass is 10.0. The summed E-state index contributed by atoms with van der Waals surface area (Å²) in [5.74, 6) is 1.08. The molecule has 0 bridgehead atoms. The van der Waals surface area contributed by atoms with Crippen LogP contribution in [0.25, 0.3) is 0 Å². The molecule has 3 heterocycles. The van der Waals surface area contributed by atoms with Gasteiger partial charge in [-0.3, -0.25) is 4.79 Å². The van der Waals surface area contributed by atoms with E-state index < -0.39 is 0 Å². The Balaban J connectivity index is 1.46. The van der Waals surface area contributed by atoms with Gasteiger partial charge in [-0.15, -0.1) is 0 Å². The highest BCUT2D eigenvalue weighted by atomic mass is 16.2. The number of piperidine rings is 1. The van der Waals surface area contributed by atoms with Gasteiger partial charge in [0.2, 0.25) is 5.91 Å². The first-order valence-corrected chi connectivity index (χ1v) is 8.07. The molecule has 0 aromatic carbocycles. The second-order valence-electron chi connectivity index (χ2n) is 6.45. The number of nitrogens with one attached hydrogen (secondary N) is 1. The van der Waals surface area contributed by atoms with Crippen LogP contribution in [0.3, 0.4) is 0 Å². The van der Waals surface area contributed by atoms with E-state index in [1.54, 1.807) is 0 Å². The van der Waals surface area contributed by atoms with Crippen LogP contribution in [0.5, 0.6) is 0 Å². The summed E-state index contributed by atoms with van der Waals surface area (Å²) < 4.78 is 0. The van der Waals surface area contributed by atoms with Crippen LogP contribution >= 0.6 is 0 Å². The molecule has 1 N–H and O–H groups in total. The molecule has 4 heteroatoms. The molecule has 0 aromatic heterocycles. The van der Waals surface area contributed by atoms with Crippen LogP contribution in [0.1, 0.15) is 38.5 Å². The number of carbonyl (C=O) groups is 1. The van der Waals surface area contributed by atoms with Crippen LogP contribution in [0.4, 0.5) is 0 Å². The number of nitrogens with zero attached hydrogens (tertiary/aromatic N) is 2. The van der Waals surface area contributed by atoms with E-state index in [0.29, 0.717) is 11.8 Å². The first-order chi connectivity index (χ1) is 9.33. The number of hydrogen-bond acceptors (Lipinski definition) is 3. The molecule has 2 atom stereocenters. The average molecular weight is 265 g/mol. The van der Waals surface area contributed by atoms with Crippen molar-refractivity contribution in [1.29, 1.82) is 0 Å². The lowest BCUT2D eigenvalue weighted by molar-refractivity contribution is -0.133. The lowest BCUT2D eigenvalue weighted by Gasteiger charge is -2.27. The topological polar surface area (TPSA) is 35.6 Å². The molecular weight excluding hydrogens is 238 g/mol. The second kappa shape index (κ2) is 6.23. The van der Waals surface area contributed by atoms with E-state index in [9.17, 15) is 4.79 Å². The molecule has 0 aromatic rings. The van der Waals surface area contributed by atoms with Crippen LogP contribution in [0.15, 0.2) is 0 Å². The zero-order valence-electron chi connectivity index (χ0n) is 11.9. The third-order valence-corrected chi connectivity index (χ3v) is 4.92. The molecule has 1 unspecified atom stereocenters. The Morgan fingerprint density at radius 2 is 1.89 bits per heavy atom. The zero-order chi connectivity index (χ0) is 13.1. The van der Waals surface area contributed by atoms with E-state index in [2.05, 4.69) is 15.1 Å². The van der Waals surface area contributed by atoms with Crippen molar-refractivity contribution in [3.63, 3.8) is 0 Å². The normalized spacial score (nSPS) is 32.9. The molecule has 0 saturated carbocycles. The van der Waals surface area contributed by atoms with Crippen molar-refractivity contribution in [1.82, 2.24) is 15.1 Å². The predicted octanol–water partition coefficient (Wildman–Crippen LogP) is 1.07. The fourth-order valence-electron chi connectivity index (χ4n) is 3.80. The molecule has 0 radical (unpaired) electrons. The molecule has 3 aliphatic heterocycles. The maximum absolute atomic E-state index is 12.4. The van der Waals surface area contributed by atoms with Gasteiger partial charge in [0.1, 0.15) is 0 Å². The third kappa shape index (κ3) is 3.29. The molecule has 3 rings (SSSR count). The van der Waals surface area contributed by atoms with E-state index in [0.717, 1.165) is 26.1 Å². The smallest absolute Gasteiger partial charge is 0.239 e. The molecule has 3 fully saturated rings. The van der Waals surface area contributed by atoms with Gasteiger partial charge < -0.3 is 15.1 Å². The molecule has 0 spiro atoms. The highest BCUT2D eigenvalue weighted by Gasteiger charge is 2.32. The fourth-order valence-corrected chi connectivity index (χ4v) is 3.80. The highest BCUT2D eigenvalue weighted by Crippen LogP contribution is 2.21. The van der Waals surface area contributed by atoms with Crippen LogP contribution in [-0.4, -0.2) is 61.0 Å². The van der Waals surface area contributed by atoms with Crippen molar-refractivity contribution in [3.05, 3.63) is 0 Å². The minimum atomic E-state index is 0.110. The van der Waals surface area contributed by atoms with Gasteiger partial charge in [-0.2, -0.15) is 0 Å². The van der Waals surface area contributed by atoms with Crippen LogP contribution in [-0.2, 0) is 4.79 Å². The van der Waals surface area contributed by atoms with Crippen molar-refractivity contribution >= 4 is 5.91 Å². The Morgan fingerprint density at radius 3 is 2.63 bits per heavy atom. The molecule has 3 aliphatic rings. The molecule has 19 heavy (non-hydrogen) atoms. The molecule has 108 valence electrons. The van der Waals surface area contributed by atoms with Gasteiger partial charge in [-0.1, -0.05) is 6.42 Å².